The van der Waals surface area contributed by atoms with Gasteiger partial charge >= 0.3 is 18.4 Å². The van der Waals surface area contributed by atoms with Gasteiger partial charge in [-0.25, -0.2) is 15.0 Å². The molecule has 14 heteroatoms. The van der Waals surface area contributed by atoms with Crippen LogP contribution in [0.1, 0.15) is 49.1 Å². The second-order valence-electron chi connectivity index (χ2n) is 11.6. The normalized spacial score (nSPS) is 16.7. The molecule has 1 aliphatic rings. The topological polar surface area (TPSA) is 150 Å². The molecule has 0 saturated heterocycles. The van der Waals surface area contributed by atoms with E-state index in [0.717, 1.165) is 6.08 Å². The molecule has 3 aromatic rings. The maximum atomic E-state index is 14.7. The number of halogens is 3. The Bertz CT molecular complexity index is 1610. The number of hydrazine groups is 1. The van der Waals surface area contributed by atoms with Gasteiger partial charge in [0.2, 0.25) is 0 Å². The van der Waals surface area contributed by atoms with E-state index in [9.17, 15) is 27.6 Å². The molecule has 0 aromatic heterocycles. The number of carbonyl (C=O) groups excluding carboxylic acids is 3. The molecule has 0 spiro atoms. The van der Waals surface area contributed by atoms with E-state index >= 15 is 0 Å². The Morgan fingerprint density at radius 3 is 2.28 bits per heavy atom. The summed E-state index contributed by atoms with van der Waals surface area (Å²) in [5.74, 6) is -0.860. The highest BCUT2D eigenvalue weighted by molar-refractivity contribution is 6.03. The maximum Gasteiger partial charge on any atom is 0.416 e. The van der Waals surface area contributed by atoms with Crippen molar-refractivity contribution in [2.24, 2.45) is 0 Å². The number of carbonyl (C=O) groups is 3. The van der Waals surface area contributed by atoms with Crippen LogP contribution in [0.5, 0.6) is 0 Å². The average molecular weight is 656 g/mol. The number of rotatable bonds is 10. The number of alkyl halides is 3. The lowest BCUT2D eigenvalue weighted by Gasteiger charge is -2.30. The Labute approximate surface area is 269 Å². The quantitative estimate of drug-likeness (QED) is 0.181. The first-order valence-electron chi connectivity index (χ1n) is 14.6. The minimum atomic E-state index is -4.88. The smallest absolute Gasteiger partial charge is 0.416 e. The fraction of sp³-hybridized carbons (Fsp3) is 0.303. The van der Waals surface area contributed by atoms with Crippen molar-refractivity contribution in [2.45, 2.75) is 50.7 Å². The molecule has 47 heavy (non-hydrogen) atoms. The molecule has 0 radical (unpaired) electrons. The van der Waals surface area contributed by atoms with E-state index in [4.69, 9.17) is 14.6 Å². The van der Waals surface area contributed by atoms with Crippen molar-refractivity contribution in [3.05, 3.63) is 113 Å². The minimum Gasteiger partial charge on any atom is -0.444 e. The van der Waals surface area contributed by atoms with Gasteiger partial charge in [0.25, 0.3) is 5.91 Å². The third kappa shape index (κ3) is 9.01. The third-order valence-electron chi connectivity index (χ3n) is 6.82. The molecular weight excluding hydrogens is 619 g/mol. The molecule has 1 heterocycles. The van der Waals surface area contributed by atoms with Crippen LogP contribution in [-0.4, -0.2) is 48.1 Å². The zero-order valence-corrected chi connectivity index (χ0v) is 25.9. The summed E-state index contributed by atoms with van der Waals surface area (Å²) >= 11 is 0. The zero-order valence-electron chi connectivity index (χ0n) is 25.9. The Balaban J connectivity index is 1.55. The number of hydrogen-bond donors (Lipinski definition) is 6. The SMILES string of the molecule is CC(C)(C)OC(=O)NCc1cccc(C2(C(F)(F)F)C=C(C(=O)Nc3cccc(C(OC(=O)NCCO)c4ccccc4)c3)NN2)c1. The first-order chi connectivity index (χ1) is 22.2. The molecule has 3 amide bonds. The van der Waals surface area contributed by atoms with Gasteiger partial charge in [-0.1, -0.05) is 66.7 Å². The number of amides is 3. The summed E-state index contributed by atoms with van der Waals surface area (Å²) in [7, 11) is 0. The molecule has 1 aliphatic heterocycles. The van der Waals surface area contributed by atoms with E-state index in [2.05, 4.69) is 26.8 Å². The van der Waals surface area contributed by atoms with Crippen molar-refractivity contribution in [3.8, 4) is 0 Å². The van der Waals surface area contributed by atoms with Crippen LogP contribution in [0.15, 0.2) is 90.6 Å². The van der Waals surface area contributed by atoms with Crippen molar-refractivity contribution in [3.63, 3.8) is 0 Å². The second kappa shape index (κ2) is 14.6. The van der Waals surface area contributed by atoms with E-state index in [0.29, 0.717) is 16.7 Å². The predicted octanol–water partition coefficient (Wildman–Crippen LogP) is 4.91. The fourth-order valence-electron chi connectivity index (χ4n) is 4.70. The van der Waals surface area contributed by atoms with Crippen LogP contribution in [0, 0.1) is 0 Å². The van der Waals surface area contributed by atoms with Gasteiger partial charge in [0, 0.05) is 18.8 Å². The van der Waals surface area contributed by atoms with E-state index in [1.807, 2.05) is 0 Å². The van der Waals surface area contributed by atoms with Crippen molar-refractivity contribution in [1.82, 2.24) is 21.5 Å². The number of alkyl carbamates (subject to hydrolysis) is 2. The van der Waals surface area contributed by atoms with Crippen molar-refractivity contribution in [1.29, 1.82) is 0 Å². The Hall–Kier alpha value is -5.08. The summed E-state index contributed by atoms with van der Waals surface area (Å²) in [6, 6.07) is 20.7. The molecule has 0 aliphatic carbocycles. The van der Waals surface area contributed by atoms with Gasteiger partial charge in [-0.05, 0) is 61.2 Å². The number of anilines is 1. The van der Waals surface area contributed by atoms with Crippen LogP contribution in [0.3, 0.4) is 0 Å². The standard InChI is InChI=1S/C33H36F3N5O6/c1-31(2,3)47-30(45)38-20-21-9-7-13-24(17-21)32(33(34,35)36)19-26(40-41-32)28(43)39-25-14-8-12-23(18-25)27(22-10-5-4-6-11-22)46-29(44)37-15-16-42/h4-14,17-19,27,40-42H,15-16,20H2,1-3H3,(H,37,44)(H,38,45)(H,39,43). The van der Waals surface area contributed by atoms with Crippen LogP contribution in [-0.2, 0) is 26.4 Å². The maximum absolute atomic E-state index is 14.7. The van der Waals surface area contributed by atoms with Gasteiger partial charge in [0.1, 0.15) is 11.3 Å². The lowest BCUT2D eigenvalue weighted by molar-refractivity contribution is -0.184. The molecule has 11 nitrogen and oxygen atoms in total. The van der Waals surface area contributed by atoms with Crippen LogP contribution in [0.4, 0.5) is 28.4 Å². The Morgan fingerprint density at radius 1 is 0.894 bits per heavy atom. The van der Waals surface area contributed by atoms with E-state index < -0.39 is 41.5 Å². The van der Waals surface area contributed by atoms with Gasteiger partial charge in [-0.2, -0.15) is 13.2 Å². The van der Waals surface area contributed by atoms with Gasteiger partial charge < -0.3 is 36.0 Å². The molecule has 4 rings (SSSR count). The molecule has 0 bridgehead atoms. The number of aliphatic hydroxyl groups excluding tert-OH is 1. The third-order valence-corrected chi connectivity index (χ3v) is 6.82. The summed E-state index contributed by atoms with van der Waals surface area (Å²) in [4.78, 5) is 37.6. The van der Waals surface area contributed by atoms with Crippen molar-refractivity contribution >= 4 is 23.8 Å². The summed E-state index contributed by atoms with van der Waals surface area (Å²) in [5, 5.41) is 16.6. The highest BCUT2D eigenvalue weighted by Gasteiger charge is 2.57. The molecule has 0 fully saturated rings. The van der Waals surface area contributed by atoms with Crippen LogP contribution >= 0.6 is 0 Å². The molecule has 3 aromatic carbocycles. The number of hydrogen-bond acceptors (Lipinski definition) is 8. The molecule has 6 N–H and O–H groups in total. The van der Waals surface area contributed by atoms with Crippen LogP contribution in [0.25, 0.3) is 0 Å². The molecule has 0 saturated carbocycles. The predicted molar refractivity (Wildman–Crippen MR) is 167 cm³/mol. The number of aliphatic hydroxyl groups is 1. The van der Waals surface area contributed by atoms with E-state index in [1.165, 1.54) is 30.3 Å². The highest BCUT2D eigenvalue weighted by atomic mass is 19.4. The first kappa shape index (κ1) is 34.8. The van der Waals surface area contributed by atoms with Gasteiger partial charge in [0.05, 0.1) is 6.61 Å². The first-order valence-corrected chi connectivity index (χ1v) is 14.6. The Kier molecular flexibility index (Phi) is 10.8. The molecule has 250 valence electrons. The zero-order chi connectivity index (χ0) is 34.2. The average Bonchev–Trinajstić information content (AvgIpc) is 3.49. The van der Waals surface area contributed by atoms with E-state index in [1.54, 1.807) is 69.3 Å². The van der Waals surface area contributed by atoms with Gasteiger partial charge in [-0.3, -0.25) is 4.79 Å². The van der Waals surface area contributed by atoms with E-state index in [-0.39, 0.29) is 36.6 Å². The van der Waals surface area contributed by atoms with Crippen molar-refractivity contribution in [2.75, 3.05) is 18.5 Å². The molecule has 2 unspecified atom stereocenters. The fourth-order valence-corrected chi connectivity index (χ4v) is 4.70. The number of ether oxygens (including phenoxy) is 2. The van der Waals surface area contributed by atoms with Crippen LogP contribution in [0.2, 0.25) is 0 Å². The summed E-state index contributed by atoms with van der Waals surface area (Å²) in [6.45, 7) is 4.68. The van der Waals surface area contributed by atoms with Crippen LogP contribution < -0.4 is 26.8 Å². The summed E-state index contributed by atoms with van der Waals surface area (Å²) < 4.78 is 54.7. The molecule has 2 atom stereocenters. The van der Waals surface area contributed by atoms with Gasteiger partial charge in [0.15, 0.2) is 11.6 Å². The number of benzene rings is 3. The Morgan fingerprint density at radius 2 is 1.60 bits per heavy atom. The lowest BCUT2D eigenvalue weighted by Crippen LogP contribution is -2.53. The molecular formula is C33H36F3N5O6. The monoisotopic (exact) mass is 655 g/mol. The largest absolute Gasteiger partial charge is 0.444 e. The summed E-state index contributed by atoms with van der Waals surface area (Å²) in [5.41, 5.74) is 2.19. The second-order valence-corrected chi connectivity index (χ2v) is 11.6. The lowest BCUT2D eigenvalue weighted by atomic mass is 9.88. The number of nitrogens with one attached hydrogen (secondary N) is 5. The highest BCUT2D eigenvalue weighted by Crippen LogP contribution is 2.42. The summed E-state index contributed by atoms with van der Waals surface area (Å²) in [6.07, 6.45) is -6.51. The van der Waals surface area contributed by atoms with Gasteiger partial charge in [-0.15, -0.1) is 0 Å². The minimum absolute atomic E-state index is 0.0146. The van der Waals surface area contributed by atoms with Crippen molar-refractivity contribution < 1.29 is 42.1 Å².